The van der Waals surface area contributed by atoms with Crippen molar-refractivity contribution in [2.24, 2.45) is 0 Å². The molecule has 0 aliphatic carbocycles. The second kappa shape index (κ2) is 6.86. The Bertz CT molecular complexity index is 511. The van der Waals surface area contributed by atoms with Crippen molar-refractivity contribution in [3.8, 4) is 0 Å². The van der Waals surface area contributed by atoms with Gasteiger partial charge in [-0.2, -0.15) is 0 Å². The maximum Gasteiger partial charge on any atom is 0.252 e. The lowest BCUT2D eigenvalue weighted by Crippen LogP contribution is -2.46. The zero-order valence-electron chi connectivity index (χ0n) is 11.6. The van der Waals surface area contributed by atoms with Gasteiger partial charge in [-0.3, -0.25) is 25.3 Å². The number of rotatable bonds is 3. The monoisotopic (exact) mass is 273 g/mol. The molecule has 5 nitrogen and oxygen atoms in total. The number of amides is 2. The zero-order chi connectivity index (χ0) is 14.4. The van der Waals surface area contributed by atoms with Crippen LogP contribution in [-0.2, 0) is 9.59 Å². The lowest BCUT2D eigenvalue weighted by Gasteiger charge is -2.25. The van der Waals surface area contributed by atoms with Crippen LogP contribution >= 0.6 is 0 Å². The minimum absolute atomic E-state index is 0.197. The lowest BCUT2D eigenvalue weighted by molar-refractivity contribution is -0.128. The largest absolute Gasteiger partial charge is 0.290 e. The van der Waals surface area contributed by atoms with E-state index in [0.717, 1.165) is 19.5 Å². The molecule has 0 fully saturated rings. The van der Waals surface area contributed by atoms with E-state index in [4.69, 9.17) is 0 Å². The van der Waals surface area contributed by atoms with E-state index in [2.05, 4.69) is 29.1 Å². The highest BCUT2D eigenvalue weighted by Gasteiger charge is 2.15. The van der Waals surface area contributed by atoms with Gasteiger partial charge in [0.2, 0.25) is 5.91 Å². The van der Waals surface area contributed by atoms with Gasteiger partial charge in [0.15, 0.2) is 0 Å². The van der Waals surface area contributed by atoms with Crippen LogP contribution in [0, 0.1) is 0 Å². The number of hydrogen-bond acceptors (Lipinski definition) is 3. The fourth-order valence-corrected chi connectivity index (χ4v) is 2.17. The second-order valence-corrected chi connectivity index (χ2v) is 4.81. The third kappa shape index (κ3) is 4.20. The highest BCUT2D eigenvalue weighted by molar-refractivity contribution is 5.82. The van der Waals surface area contributed by atoms with E-state index in [0.29, 0.717) is 6.54 Å². The summed E-state index contributed by atoms with van der Waals surface area (Å²) in [7, 11) is 0. The maximum absolute atomic E-state index is 11.6. The first kappa shape index (κ1) is 14.3. The van der Waals surface area contributed by atoms with Crippen molar-refractivity contribution in [3.63, 3.8) is 0 Å². The number of benzene rings is 1. The van der Waals surface area contributed by atoms with Gasteiger partial charge in [0.25, 0.3) is 5.91 Å². The minimum atomic E-state index is -0.275. The molecule has 0 aromatic heterocycles. The van der Waals surface area contributed by atoms with Crippen molar-refractivity contribution in [2.45, 2.75) is 13.3 Å². The first-order valence-electron chi connectivity index (χ1n) is 6.67. The first-order chi connectivity index (χ1) is 9.65. The molecular formula is C15H19N3O2. The quantitative estimate of drug-likeness (QED) is 0.806. The molecule has 0 radical (unpaired) electrons. The summed E-state index contributed by atoms with van der Waals surface area (Å²) >= 11 is 0. The molecule has 1 aliphatic rings. The Morgan fingerprint density at radius 3 is 2.55 bits per heavy atom. The van der Waals surface area contributed by atoms with E-state index in [1.807, 2.05) is 23.1 Å². The Labute approximate surface area is 118 Å². The number of carbonyl (C=O) groups is 2. The summed E-state index contributed by atoms with van der Waals surface area (Å²) in [6, 6.07) is 10.3. The topological polar surface area (TPSA) is 61.4 Å². The SMILES string of the molecule is CC(=O)NNC(=O)CN1CC=C(c2ccccc2)CC1. The van der Waals surface area contributed by atoms with Gasteiger partial charge in [0.05, 0.1) is 6.54 Å². The summed E-state index contributed by atoms with van der Waals surface area (Å²) in [4.78, 5) is 24.3. The molecule has 20 heavy (non-hydrogen) atoms. The predicted octanol–water partition coefficient (Wildman–Crippen LogP) is 0.943. The van der Waals surface area contributed by atoms with E-state index in [9.17, 15) is 9.59 Å². The Kier molecular flexibility index (Phi) is 4.90. The molecule has 1 aromatic rings. The molecule has 0 bridgehead atoms. The Balaban J connectivity index is 1.83. The molecule has 0 saturated heterocycles. The van der Waals surface area contributed by atoms with Crippen molar-refractivity contribution >= 4 is 17.4 Å². The molecule has 5 heteroatoms. The summed E-state index contributed by atoms with van der Waals surface area (Å²) in [6.45, 7) is 3.24. The fraction of sp³-hybridized carbons (Fsp3) is 0.333. The van der Waals surface area contributed by atoms with Crippen molar-refractivity contribution in [1.82, 2.24) is 15.8 Å². The summed E-state index contributed by atoms with van der Waals surface area (Å²) in [6.07, 6.45) is 3.09. The van der Waals surface area contributed by atoms with Gasteiger partial charge in [-0.1, -0.05) is 36.4 Å². The van der Waals surface area contributed by atoms with Crippen LogP contribution in [0.3, 0.4) is 0 Å². The molecule has 0 unspecified atom stereocenters. The molecule has 0 saturated carbocycles. The normalized spacial score (nSPS) is 15.3. The van der Waals surface area contributed by atoms with Gasteiger partial charge in [-0.25, -0.2) is 0 Å². The summed E-state index contributed by atoms with van der Waals surface area (Å²) in [5.74, 6) is -0.472. The average Bonchev–Trinajstić information content (AvgIpc) is 2.47. The van der Waals surface area contributed by atoms with Crippen LogP contribution < -0.4 is 10.9 Å². The van der Waals surface area contributed by atoms with Gasteiger partial charge in [0.1, 0.15) is 0 Å². The van der Waals surface area contributed by atoms with Gasteiger partial charge in [0, 0.05) is 20.0 Å². The highest BCUT2D eigenvalue weighted by Crippen LogP contribution is 2.21. The lowest BCUT2D eigenvalue weighted by atomic mass is 10.00. The van der Waals surface area contributed by atoms with Crippen molar-refractivity contribution in [2.75, 3.05) is 19.6 Å². The molecule has 106 valence electrons. The van der Waals surface area contributed by atoms with E-state index in [-0.39, 0.29) is 11.8 Å². The number of nitrogens with zero attached hydrogens (tertiary/aromatic N) is 1. The van der Waals surface area contributed by atoms with Gasteiger partial charge < -0.3 is 0 Å². The summed E-state index contributed by atoms with van der Waals surface area (Å²) in [5.41, 5.74) is 7.23. The Morgan fingerprint density at radius 2 is 1.95 bits per heavy atom. The molecule has 2 rings (SSSR count). The Hall–Kier alpha value is -2.14. The molecule has 2 N–H and O–H groups in total. The minimum Gasteiger partial charge on any atom is -0.290 e. The van der Waals surface area contributed by atoms with Crippen LogP contribution in [0.25, 0.3) is 5.57 Å². The number of hydrogen-bond donors (Lipinski definition) is 2. The van der Waals surface area contributed by atoms with Gasteiger partial charge >= 0.3 is 0 Å². The third-order valence-electron chi connectivity index (χ3n) is 3.18. The smallest absolute Gasteiger partial charge is 0.252 e. The van der Waals surface area contributed by atoms with Crippen molar-refractivity contribution < 1.29 is 9.59 Å². The van der Waals surface area contributed by atoms with E-state index < -0.39 is 0 Å². The highest BCUT2D eigenvalue weighted by atomic mass is 16.2. The molecule has 1 heterocycles. The molecule has 1 aliphatic heterocycles. The van der Waals surface area contributed by atoms with E-state index >= 15 is 0 Å². The maximum atomic E-state index is 11.6. The van der Waals surface area contributed by atoms with E-state index in [1.54, 1.807) is 0 Å². The van der Waals surface area contributed by atoms with E-state index in [1.165, 1.54) is 18.1 Å². The number of nitrogens with one attached hydrogen (secondary N) is 2. The van der Waals surface area contributed by atoms with Crippen molar-refractivity contribution in [3.05, 3.63) is 42.0 Å². The van der Waals surface area contributed by atoms with Crippen LogP contribution in [0.5, 0.6) is 0 Å². The standard InChI is InChI=1S/C15H19N3O2/c1-12(19)16-17-15(20)11-18-9-7-14(8-10-18)13-5-3-2-4-6-13/h2-7H,8-11H2,1H3,(H,16,19)(H,17,20). The molecule has 1 aromatic carbocycles. The fourth-order valence-electron chi connectivity index (χ4n) is 2.17. The van der Waals surface area contributed by atoms with Gasteiger partial charge in [-0.15, -0.1) is 0 Å². The molecule has 0 atom stereocenters. The average molecular weight is 273 g/mol. The first-order valence-corrected chi connectivity index (χ1v) is 6.67. The number of hydrazine groups is 1. The zero-order valence-corrected chi connectivity index (χ0v) is 11.6. The van der Waals surface area contributed by atoms with Gasteiger partial charge in [-0.05, 0) is 17.6 Å². The molecule has 0 spiro atoms. The van der Waals surface area contributed by atoms with Crippen molar-refractivity contribution in [1.29, 1.82) is 0 Å². The van der Waals surface area contributed by atoms with Crippen LogP contribution in [0.4, 0.5) is 0 Å². The summed E-state index contributed by atoms with van der Waals surface area (Å²) in [5, 5.41) is 0. The van der Waals surface area contributed by atoms with Crippen LogP contribution in [0.2, 0.25) is 0 Å². The van der Waals surface area contributed by atoms with Crippen LogP contribution in [0.15, 0.2) is 36.4 Å². The van der Waals surface area contributed by atoms with Crippen LogP contribution in [0.1, 0.15) is 18.9 Å². The number of carbonyl (C=O) groups excluding carboxylic acids is 2. The third-order valence-corrected chi connectivity index (χ3v) is 3.18. The predicted molar refractivity (Wildman–Crippen MR) is 77.4 cm³/mol. The molecular weight excluding hydrogens is 254 g/mol. The Morgan fingerprint density at radius 1 is 1.20 bits per heavy atom. The summed E-state index contributed by atoms with van der Waals surface area (Å²) < 4.78 is 0. The molecule has 2 amide bonds. The second-order valence-electron chi connectivity index (χ2n) is 4.81. The van der Waals surface area contributed by atoms with Crippen LogP contribution in [-0.4, -0.2) is 36.3 Å².